The first kappa shape index (κ1) is 16.2. The lowest BCUT2D eigenvalue weighted by Crippen LogP contribution is -2.34. The van der Waals surface area contributed by atoms with Crippen molar-refractivity contribution in [2.24, 2.45) is 4.99 Å². The molecule has 1 aliphatic rings. The summed E-state index contributed by atoms with van der Waals surface area (Å²) in [5, 5.41) is 3.20. The highest BCUT2D eigenvalue weighted by Crippen LogP contribution is 2.27. The Labute approximate surface area is 144 Å². The average Bonchev–Trinajstić information content (AvgIpc) is 2.71. The first-order valence-corrected chi connectivity index (χ1v) is 7.88. The maximum Gasteiger partial charge on any atom is 0.340 e. The first-order chi connectivity index (χ1) is 11.6. The second kappa shape index (κ2) is 6.84. The second-order valence-electron chi connectivity index (χ2n) is 5.18. The number of carbonyl (C=O) groups is 2. The molecule has 1 aliphatic heterocycles. The average molecular weight is 343 g/mol. The summed E-state index contributed by atoms with van der Waals surface area (Å²) in [5.74, 6) is -1.22. The van der Waals surface area contributed by atoms with Crippen molar-refractivity contribution in [3.63, 3.8) is 0 Å². The maximum atomic E-state index is 12.4. The summed E-state index contributed by atoms with van der Waals surface area (Å²) in [7, 11) is 0. The third-order valence-electron chi connectivity index (χ3n) is 3.56. The number of aliphatic imine (C=N–C) groups is 1. The molecule has 5 nitrogen and oxygen atoms in total. The van der Waals surface area contributed by atoms with Gasteiger partial charge in [-0.2, -0.15) is 0 Å². The maximum absolute atomic E-state index is 12.4. The molecule has 2 aromatic rings. The number of benzodiazepines with no additional fused rings is 1. The number of carbonyl (C=O) groups excluding carboxylic acids is 2. The van der Waals surface area contributed by atoms with E-state index in [2.05, 4.69) is 10.3 Å². The molecule has 0 bridgehead atoms. The first-order valence-electron chi connectivity index (χ1n) is 7.51. The van der Waals surface area contributed by atoms with Crippen LogP contribution in [0.1, 0.15) is 18.1 Å². The normalized spacial score (nSPS) is 16.5. The Morgan fingerprint density at radius 2 is 2.00 bits per heavy atom. The smallest absolute Gasteiger partial charge is 0.340 e. The van der Waals surface area contributed by atoms with Crippen LogP contribution in [-0.4, -0.2) is 30.2 Å². The largest absolute Gasteiger partial charge is 0.464 e. The molecule has 0 saturated carbocycles. The van der Waals surface area contributed by atoms with Crippen LogP contribution in [0.4, 0.5) is 5.69 Å². The van der Waals surface area contributed by atoms with Gasteiger partial charge in [0.1, 0.15) is 0 Å². The third kappa shape index (κ3) is 3.16. The van der Waals surface area contributed by atoms with Crippen molar-refractivity contribution in [1.82, 2.24) is 0 Å². The van der Waals surface area contributed by atoms with E-state index in [0.717, 1.165) is 5.56 Å². The monoisotopic (exact) mass is 342 g/mol. The topological polar surface area (TPSA) is 67.8 Å². The summed E-state index contributed by atoms with van der Waals surface area (Å²) in [4.78, 5) is 29.0. The van der Waals surface area contributed by atoms with E-state index in [1.807, 2.05) is 30.3 Å². The van der Waals surface area contributed by atoms with E-state index in [1.165, 1.54) is 0 Å². The van der Waals surface area contributed by atoms with E-state index < -0.39 is 17.9 Å². The quantitative estimate of drug-likeness (QED) is 0.688. The van der Waals surface area contributed by atoms with Crippen molar-refractivity contribution >= 4 is 34.9 Å². The minimum Gasteiger partial charge on any atom is -0.464 e. The fourth-order valence-corrected chi connectivity index (χ4v) is 2.66. The fraction of sp³-hybridized carbons (Fsp3) is 0.167. The van der Waals surface area contributed by atoms with Crippen molar-refractivity contribution in [2.75, 3.05) is 11.9 Å². The van der Waals surface area contributed by atoms with Gasteiger partial charge in [-0.1, -0.05) is 41.9 Å². The molecule has 0 spiro atoms. The molecule has 0 saturated heterocycles. The lowest BCUT2D eigenvalue weighted by Gasteiger charge is -2.10. The highest BCUT2D eigenvalue weighted by molar-refractivity contribution is 6.32. The zero-order valence-electron chi connectivity index (χ0n) is 13.0. The molecule has 1 amide bonds. The molecular weight excluding hydrogens is 328 g/mol. The number of anilines is 1. The van der Waals surface area contributed by atoms with Crippen molar-refractivity contribution in [1.29, 1.82) is 0 Å². The number of hydrogen-bond acceptors (Lipinski definition) is 4. The number of halogens is 1. The van der Waals surface area contributed by atoms with E-state index in [9.17, 15) is 9.59 Å². The molecule has 1 atom stereocenters. The molecule has 1 heterocycles. The Bertz CT molecular complexity index is 818. The minimum atomic E-state index is -1.26. The molecule has 3 rings (SSSR count). The summed E-state index contributed by atoms with van der Waals surface area (Å²) in [6.45, 7) is 1.86. The van der Waals surface area contributed by atoms with E-state index in [4.69, 9.17) is 16.3 Å². The van der Waals surface area contributed by atoms with Gasteiger partial charge in [-0.3, -0.25) is 9.79 Å². The number of benzene rings is 2. The molecule has 6 heteroatoms. The zero-order chi connectivity index (χ0) is 17.1. The Hall–Kier alpha value is -2.66. The molecule has 0 aliphatic carbocycles. The van der Waals surface area contributed by atoms with Crippen LogP contribution in [0.15, 0.2) is 53.5 Å². The van der Waals surface area contributed by atoms with Gasteiger partial charge in [-0.05, 0) is 25.1 Å². The predicted octanol–water partition coefficient (Wildman–Crippen LogP) is 3.06. The van der Waals surface area contributed by atoms with Crippen LogP contribution in [0.2, 0.25) is 5.02 Å². The fourth-order valence-electron chi connectivity index (χ4n) is 2.49. The highest BCUT2D eigenvalue weighted by atomic mass is 35.5. The minimum absolute atomic E-state index is 0.178. The van der Waals surface area contributed by atoms with Gasteiger partial charge in [0.2, 0.25) is 6.04 Å². The SMILES string of the molecule is CCOC(=O)C1N=C(c2ccccc2)c2ccc(Cl)cc2NC1=O. The number of ether oxygens (including phenoxy) is 1. The van der Waals surface area contributed by atoms with Crippen LogP contribution in [-0.2, 0) is 14.3 Å². The van der Waals surface area contributed by atoms with Crippen molar-refractivity contribution in [2.45, 2.75) is 13.0 Å². The molecule has 122 valence electrons. The Morgan fingerprint density at radius 3 is 2.71 bits per heavy atom. The van der Waals surface area contributed by atoms with Gasteiger partial charge in [-0.25, -0.2) is 4.79 Å². The lowest BCUT2D eigenvalue weighted by molar-refractivity contribution is -0.146. The van der Waals surface area contributed by atoms with E-state index in [0.29, 0.717) is 22.0 Å². The summed E-state index contributed by atoms with van der Waals surface area (Å²) >= 11 is 6.04. The summed E-state index contributed by atoms with van der Waals surface area (Å²) < 4.78 is 4.98. The molecule has 0 fully saturated rings. The van der Waals surface area contributed by atoms with Gasteiger partial charge >= 0.3 is 5.97 Å². The van der Waals surface area contributed by atoms with Gasteiger partial charge in [0.05, 0.1) is 18.0 Å². The molecule has 1 N–H and O–H groups in total. The number of nitrogens with one attached hydrogen (secondary N) is 1. The van der Waals surface area contributed by atoms with Gasteiger partial charge in [0, 0.05) is 16.1 Å². The number of nitrogens with zero attached hydrogens (tertiary/aromatic N) is 1. The van der Waals surface area contributed by atoms with Gasteiger partial charge < -0.3 is 10.1 Å². The number of esters is 1. The van der Waals surface area contributed by atoms with E-state index in [1.54, 1.807) is 25.1 Å². The summed E-state index contributed by atoms with van der Waals surface area (Å²) in [5.41, 5.74) is 2.55. The molecule has 0 radical (unpaired) electrons. The number of fused-ring (bicyclic) bond motifs is 1. The highest BCUT2D eigenvalue weighted by Gasteiger charge is 2.32. The molecule has 24 heavy (non-hydrogen) atoms. The third-order valence-corrected chi connectivity index (χ3v) is 3.79. The standard InChI is InChI=1S/C18H15ClN2O3/c1-2-24-18(23)16-17(22)20-14-10-12(19)8-9-13(14)15(21-16)11-6-4-3-5-7-11/h3-10,16H,2H2,1H3,(H,20,22). The van der Waals surface area contributed by atoms with Crippen LogP contribution >= 0.6 is 11.6 Å². The lowest BCUT2D eigenvalue weighted by atomic mass is 10.0. The number of rotatable bonds is 3. The Morgan fingerprint density at radius 1 is 1.25 bits per heavy atom. The second-order valence-corrected chi connectivity index (χ2v) is 5.61. The van der Waals surface area contributed by atoms with Crippen LogP contribution < -0.4 is 5.32 Å². The molecular formula is C18H15ClN2O3. The van der Waals surface area contributed by atoms with Gasteiger partial charge in [0.25, 0.3) is 5.91 Å². The molecule has 0 aromatic heterocycles. The summed E-state index contributed by atoms with van der Waals surface area (Å²) in [6, 6.07) is 13.2. The predicted molar refractivity (Wildman–Crippen MR) is 92.6 cm³/mol. The van der Waals surface area contributed by atoms with Gasteiger partial charge in [0.15, 0.2) is 0 Å². The van der Waals surface area contributed by atoms with Crippen LogP contribution in [0.5, 0.6) is 0 Å². The number of hydrogen-bond donors (Lipinski definition) is 1. The number of amides is 1. The van der Waals surface area contributed by atoms with Gasteiger partial charge in [-0.15, -0.1) is 0 Å². The molecule has 2 aromatic carbocycles. The zero-order valence-corrected chi connectivity index (χ0v) is 13.7. The van der Waals surface area contributed by atoms with Crippen LogP contribution in [0.25, 0.3) is 0 Å². The van der Waals surface area contributed by atoms with Crippen molar-refractivity contribution in [3.8, 4) is 0 Å². The van der Waals surface area contributed by atoms with E-state index >= 15 is 0 Å². The Kier molecular flexibility index (Phi) is 4.62. The molecule has 1 unspecified atom stereocenters. The Balaban J connectivity index is 2.17. The van der Waals surface area contributed by atoms with E-state index in [-0.39, 0.29) is 6.61 Å². The van der Waals surface area contributed by atoms with Crippen LogP contribution in [0, 0.1) is 0 Å². The van der Waals surface area contributed by atoms with Crippen LogP contribution in [0.3, 0.4) is 0 Å². The summed E-state index contributed by atoms with van der Waals surface area (Å²) in [6.07, 6.45) is 0. The van der Waals surface area contributed by atoms with Crippen molar-refractivity contribution < 1.29 is 14.3 Å². The van der Waals surface area contributed by atoms with Crippen molar-refractivity contribution in [3.05, 3.63) is 64.7 Å².